The molecule has 0 saturated carbocycles. The summed E-state index contributed by atoms with van der Waals surface area (Å²) >= 11 is 0. The quantitative estimate of drug-likeness (QED) is 0.823. The van der Waals surface area contributed by atoms with E-state index >= 15 is 0 Å². The van der Waals surface area contributed by atoms with Crippen molar-refractivity contribution in [1.82, 2.24) is 10.2 Å². The zero-order valence-corrected chi connectivity index (χ0v) is 15.3. The molecular formula is C20H31N3O2. The average molecular weight is 345 g/mol. The standard InChI is InChI=1S/C20H31N3O2/c1-17(21-20(24)10-9-19-8-5-15-25-19)16-22-11-13-23(14-12-22)18-6-3-2-4-7-18/h2-4,6-7,17,19H,5,8-16H2,1H3,(H,21,24)/t17-,19+/m1/s1. The van der Waals surface area contributed by atoms with Crippen LogP contribution in [0.5, 0.6) is 0 Å². The zero-order valence-electron chi connectivity index (χ0n) is 15.3. The number of nitrogens with one attached hydrogen (secondary N) is 1. The van der Waals surface area contributed by atoms with E-state index in [1.54, 1.807) is 0 Å². The van der Waals surface area contributed by atoms with Crippen molar-refractivity contribution >= 4 is 11.6 Å². The summed E-state index contributed by atoms with van der Waals surface area (Å²) in [6.07, 6.45) is 3.98. The molecule has 0 radical (unpaired) electrons. The van der Waals surface area contributed by atoms with Crippen molar-refractivity contribution < 1.29 is 9.53 Å². The number of piperazine rings is 1. The maximum absolute atomic E-state index is 12.1. The highest BCUT2D eigenvalue weighted by molar-refractivity contribution is 5.76. The van der Waals surface area contributed by atoms with Crippen LogP contribution in [0.4, 0.5) is 5.69 Å². The summed E-state index contributed by atoms with van der Waals surface area (Å²) < 4.78 is 5.58. The number of anilines is 1. The van der Waals surface area contributed by atoms with Gasteiger partial charge in [0.25, 0.3) is 0 Å². The molecule has 2 fully saturated rings. The first-order chi connectivity index (χ1) is 12.2. The van der Waals surface area contributed by atoms with Gasteiger partial charge in [0.05, 0.1) is 6.10 Å². The first-order valence-electron chi connectivity index (χ1n) is 9.64. The van der Waals surface area contributed by atoms with E-state index in [0.29, 0.717) is 12.5 Å². The van der Waals surface area contributed by atoms with Crippen LogP contribution in [0.25, 0.3) is 0 Å². The van der Waals surface area contributed by atoms with Crippen LogP contribution < -0.4 is 10.2 Å². The minimum Gasteiger partial charge on any atom is -0.378 e. The maximum Gasteiger partial charge on any atom is 0.220 e. The van der Waals surface area contributed by atoms with E-state index < -0.39 is 0 Å². The normalized spacial score (nSPS) is 22.8. The lowest BCUT2D eigenvalue weighted by molar-refractivity contribution is -0.122. The summed E-state index contributed by atoms with van der Waals surface area (Å²) in [6, 6.07) is 10.8. The third kappa shape index (κ3) is 5.72. The highest BCUT2D eigenvalue weighted by atomic mass is 16.5. The van der Waals surface area contributed by atoms with Crippen LogP contribution in [-0.2, 0) is 9.53 Å². The van der Waals surface area contributed by atoms with E-state index in [0.717, 1.165) is 58.6 Å². The van der Waals surface area contributed by atoms with Crippen molar-refractivity contribution in [2.75, 3.05) is 44.2 Å². The van der Waals surface area contributed by atoms with Gasteiger partial charge in [-0.25, -0.2) is 0 Å². The Morgan fingerprint density at radius 3 is 2.68 bits per heavy atom. The number of para-hydroxylation sites is 1. The number of hydrogen-bond donors (Lipinski definition) is 1. The van der Waals surface area contributed by atoms with Gasteiger partial charge in [-0.3, -0.25) is 9.69 Å². The Labute approximate surface area is 151 Å². The number of benzene rings is 1. The fraction of sp³-hybridized carbons (Fsp3) is 0.650. The molecule has 0 aromatic heterocycles. The number of carbonyl (C=O) groups is 1. The molecule has 1 aromatic rings. The largest absolute Gasteiger partial charge is 0.378 e. The zero-order chi connectivity index (χ0) is 17.5. The average Bonchev–Trinajstić information content (AvgIpc) is 3.15. The minimum atomic E-state index is 0.158. The van der Waals surface area contributed by atoms with Crippen LogP contribution in [0, 0.1) is 0 Å². The van der Waals surface area contributed by atoms with Crippen molar-refractivity contribution in [2.45, 2.75) is 44.8 Å². The molecule has 5 heteroatoms. The summed E-state index contributed by atoms with van der Waals surface area (Å²) in [5.41, 5.74) is 1.30. The Morgan fingerprint density at radius 1 is 1.24 bits per heavy atom. The molecule has 1 amide bonds. The molecule has 0 bridgehead atoms. The molecule has 0 spiro atoms. The summed E-state index contributed by atoms with van der Waals surface area (Å²) in [5, 5.41) is 3.14. The number of nitrogens with zero attached hydrogens (tertiary/aromatic N) is 2. The first kappa shape index (κ1) is 18.2. The smallest absolute Gasteiger partial charge is 0.220 e. The first-order valence-corrected chi connectivity index (χ1v) is 9.64. The molecular weight excluding hydrogens is 314 g/mol. The highest BCUT2D eigenvalue weighted by Crippen LogP contribution is 2.17. The van der Waals surface area contributed by atoms with Gasteiger partial charge < -0.3 is 15.0 Å². The van der Waals surface area contributed by atoms with Crippen LogP contribution in [0.15, 0.2) is 30.3 Å². The van der Waals surface area contributed by atoms with Crippen molar-refractivity contribution in [2.24, 2.45) is 0 Å². The number of amides is 1. The Hall–Kier alpha value is -1.59. The van der Waals surface area contributed by atoms with E-state index in [1.165, 1.54) is 5.69 Å². The van der Waals surface area contributed by atoms with Crippen LogP contribution in [0.2, 0.25) is 0 Å². The van der Waals surface area contributed by atoms with E-state index in [4.69, 9.17) is 4.74 Å². The Balaban J connectivity index is 1.33. The second-order valence-corrected chi connectivity index (χ2v) is 7.27. The third-order valence-corrected chi connectivity index (χ3v) is 5.15. The number of ether oxygens (including phenoxy) is 1. The van der Waals surface area contributed by atoms with Gasteiger partial charge in [-0.1, -0.05) is 18.2 Å². The van der Waals surface area contributed by atoms with Crippen LogP contribution in [-0.4, -0.2) is 62.3 Å². The van der Waals surface area contributed by atoms with Crippen LogP contribution in [0.1, 0.15) is 32.6 Å². The SMILES string of the molecule is C[C@H](CN1CCN(c2ccccc2)CC1)NC(=O)CC[C@@H]1CCCO1. The Bertz CT molecular complexity index is 523. The molecule has 2 aliphatic rings. The topological polar surface area (TPSA) is 44.8 Å². The number of rotatable bonds is 7. The predicted octanol–water partition coefficient (Wildman–Crippen LogP) is 2.27. The molecule has 0 unspecified atom stereocenters. The summed E-state index contributed by atoms with van der Waals surface area (Å²) in [6.45, 7) is 8.07. The maximum atomic E-state index is 12.1. The molecule has 2 atom stereocenters. The molecule has 2 saturated heterocycles. The van der Waals surface area contributed by atoms with E-state index in [1.807, 2.05) is 0 Å². The van der Waals surface area contributed by atoms with Crippen LogP contribution in [0.3, 0.4) is 0 Å². The minimum absolute atomic E-state index is 0.158. The molecule has 0 aliphatic carbocycles. The van der Waals surface area contributed by atoms with Gasteiger partial charge in [0.1, 0.15) is 0 Å². The molecule has 25 heavy (non-hydrogen) atoms. The molecule has 1 aromatic carbocycles. The second-order valence-electron chi connectivity index (χ2n) is 7.27. The molecule has 5 nitrogen and oxygen atoms in total. The van der Waals surface area contributed by atoms with Gasteiger partial charge >= 0.3 is 0 Å². The highest BCUT2D eigenvalue weighted by Gasteiger charge is 2.20. The monoisotopic (exact) mass is 345 g/mol. The number of hydrogen-bond acceptors (Lipinski definition) is 4. The van der Waals surface area contributed by atoms with E-state index in [2.05, 4.69) is 52.4 Å². The molecule has 2 heterocycles. The molecule has 1 N–H and O–H groups in total. The predicted molar refractivity (Wildman–Crippen MR) is 101 cm³/mol. The van der Waals surface area contributed by atoms with Gasteiger partial charge in [0.15, 0.2) is 0 Å². The molecule has 3 rings (SSSR count). The lowest BCUT2D eigenvalue weighted by Crippen LogP contribution is -2.50. The summed E-state index contributed by atoms with van der Waals surface area (Å²) in [4.78, 5) is 17.0. The van der Waals surface area contributed by atoms with Gasteiger partial charge in [0.2, 0.25) is 5.91 Å². The fourth-order valence-corrected chi connectivity index (χ4v) is 3.77. The van der Waals surface area contributed by atoms with Gasteiger partial charge in [-0.05, 0) is 38.3 Å². The van der Waals surface area contributed by atoms with E-state index in [9.17, 15) is 4.79 Å². The van der Waals surface area contributed by atoms with Crippen LogP contribution >= 0.6 is 0 Å². The lowest BCUT2D eigenvalue weighted by atomic mass is 10.1. The Kier molecular flexibility index (Phi) is 6.70. The van der Waals surface area contributed by atoms with Crippen molar-refractivity contribution in [1.29, 1.82) is 0 Å². The van der Waals surface area contributed by atoms with Crippen molar-refractivity contribution in [3.8, 4) is 0 Å². The Morgan fingerprint density at radius 2 is 2.00 bits per heavy atom. The second kappa shape index (κ2) is 9.20. The van der Waals surface area contributed by atoms with E-state index in [-0.39, 0.29) is 11.9 Å². The number of carbonyl (C=O) groups excluding carboxylic acids is 1. The van der Waals surface area contributed by atoms with Crippen molar-refractivity contribution in [3.05, 3.63) is 30.3 Å². The van der Waals surface area contributed by atoms with Gasteiger partial charge in [-0.2, -0.15) is 0 Å². The fourth-order valence-electron chi connectivity index (χ4n) is 3.77. The van der Waals surface area contributed by atoms with Gasteiger partial charge in [0, 0.05) is 57.5 Å². The van der Waals surface area contributed by atoms with Crippen molar-refractivity contribution in [3.63, 3.8) is 0 Å². The molecule has 2 aliphatic heterocycles. The van der Waals surface area contributed by atoms with Gasteiger partial charge in [-0.15, -0.1) is 0 Å². The lowest BCUT2D eigenvalue weighted by Gasteiger charge is -2.37. The molecule has 138 valence electrons. The summed E-state index contributed by atoms with van der Waals surface area (Å²) in [7, 11) is 0. The summed E-state index contributed by atoms with van der Waals surface area (Å²) in [5.74, 6) is 0.158. The third-order valence-electron chi connectivity index (χ3n) is 5.15.